The van der Waals surface area contributed by atoms with Crippen LogP contribution in [0.1, 0.15) is 20.7 Å². The Bertz CT molecular complexity index is 1310. The molecule has 5 aromatic rings. The predicted octanol–water partition coefficient (Wildman–Crippen LogP) is 5.25. The van der Waals surface area contributed by atoms with Crippen molar-refractivity contribution >= 4 is 55.3 Å². The Kier molecular flexibility index (Phi) is 2.66. The molecule has 0 atom stereocenters. The van der Waals surface area contributed by atoms with E-state index in [0.717, 1.165) is 49.4 Å². The molecule has 3 heteroatoms. The number of hydrogen-bond acceptors (Lipinski definition) is 2. The molecule has 25 heavy (non-hydrogen) atoms. The molecule has 0 fully saturated rings. The van der Waals surface area contributed by atoms with E-state index in [1.807, 2.05) is 54.6 Å². The van der Waals surface area contributed by atoms with E-state index < -0.39 is 5.97 Å². The van der Waals surface area contributed by atoms with Crippen LogP contribution in [0.4, 0.5) is 0 Å². The summed E-state index contributed by atoms with van der Waals surface area (Å²) in [5.41, 5.74) is 0.971. The maximum Gasteiger partial charge on any atom is 0.336 e. The summed E-state index contributed by atoms with van der Waals surface area (Å²) in [5.74, 6) is -0.927. The number of fused-ring (bicyclic) bond motifs is 2. The number of carbonyl (C=O) groups excluding carboxylic acids is 1. The normalized spacial score (nSPS) is 11.7. The molecule has 0 unspecified atom stereocenters. The highest BCUT2D eigenvalue weighted by Gasteiger charge is 2.17. The first-order valence-corrected chi connectivity index (χ1v) is 8.01. The Morgan fingerprint density at radius 3 is 1.84 bits per heavy atom. The van der Waals surface area contributed by atoms with E-state index >= 15 is 0 Å². The van der Waals surface area contributed by atoms with E-state index in [9.17, 15) is 14.7 Å². The lowest BCUT2D eigenvalue weighted by Gasteiger charge is -2.16. The maximum absolute atomic E-state index is 11.6. The predicted molar refractivity (Wildman–Crippen MR) is 100.0 cm³/mol. The van der Waals surface area contributed by atoms with Crippen LogP contribution in [-0.4, -0.2) is 17.4 Å². The number of rotatable bonds is 2. The summed E-state index contributed by atoms with van der Waals surface area (Å²) >= 11 is 0. The van der Waals surface area contributed by atoms with Gasteiger partial charge in [-0.1, -0.05) is 54.6 Å². The van der Waals surface area contributed by atoms with Crippen molar-refractivity contribution < 1.29 is 14.7 Å². The van der Waals surface area contributed by atoms with Crippen molar-refractivity contribution in [2.75, 3.05) is 0 Å². The highest BCUT2D eigenvalue weighted by molar-refractivity contribution is 6.35. The molecule has 0 bridgehead atoms. The monoisotopic (exact) mass is 324 g/mol. The average Bonchev–Trinajstić information content (AvgIpc) is 2.65. The smallest absolute Gasteiger partial charge is 0.336 e. The van der Waals surface area contributed by atoms with E-state index in [-0.39, 0.29) is 0 Å². The van der Waals surface area contributed by atoms with Gasteiger partial charge in [0.15, 0.2) is 6.29 Å². The standard InChI is InChI=1S/C22H12O3/c23-11-12-7-8-17-15-5-2-6-16-19(22(24)25)10-9-18(21(15)16)14-4-1-3-13(12)20(14)17/h1-11H,(H,24,25). The van der Waals surface area contributed by atoms with Crippen molar-refractivity contribution in [1.82, 2.24) is 0 Å². The third kappa shape index (κ3) is 1.69. The molecule has 0 aliphatic heterocycles. The zero-order valence-electron chi connectivity index (χ0n) is 13.1. The molecule has 1 N–H and O–H groups in total. The van der Waals surface area contributed by atoms with Gasteiger partial charge in [0, 0.05) is 5.56 Å². The van der Waals surface area contributed by atoms with Crippen molar-refractivity contribution in [3.63, 3.8) is 0 Å². The number of aldehydes is 1. The SMILES string of the molecule is O=Cc1ccc2c3cccc4c(C(=O)O)ccc(c5cccc1c25)c43. The van der Waals surface area contributed by atoms with E-state index in [0.29, 0.717) is 11.1 Å². The van der Waals surface area contributed by atoms with Gasteiger partial charge in [0.05, 0.1) is 5.56 Å². The fraction of sp³-hybridized carbons (Fsp3) is 0. The summed E-state index contributed by atoms with van der Waals surface area (Å²) < 4.78 is 0. The minimum absolute atomic E-state index is 0.306. The third-order valence-corrected chi connectivity index (χ3v) is 5.05. The summed E-state index contributed by atoms with van der Waals surface area (Å²) in [4.78, 5) is 23.1. The molecule has 0 amide bonds. The van der Waals surface area contributed by atoms with Gasteiger partial charge < -0.3 is 5.11 Å². The van der Waals surface area contributed by atoms with Gasteiger partial charge >= 0.3 is 5.97 Å². The molecule has 0 radical (unpaired) electrons. The number of aromatic carboxylic acids is 1. The molecule has 0 saturated carbocycles. The second kappa shape index (κ2) is 4.77. The Morgan fingerprint density at radius 1 is 0.680 bits per heavy atom. The lowest BCUT2D eigenvalue weighted by atomic mass is 9.87. The zero-order valence-corrected chi connectivity index (χ0v) is 13.1. The Labute approximate surface area is 142 Å². The largest absolute Gasteiger partial charge is 0.478 e. The molecule has 0 aliphatic carbocycles. The van der Waals surface area contributed by atoms with Crippen LogP contribution in [0.15, 0.2) is 60.7 Å². The number of carbonyl (C=O) groups is 2. The van der Waals surface area contributed by atoms with Gasteiger partial charge in [0.1, 0.15) is 0 Å². The van der Waals surface area contributed by atoms with Gasteiger partial charge in [0.25, 0.3) is 0 Å². The number of hydrogen-bond donors (Lipinski definition) is 1. The minimum atomic E-state index is -0.927. The van der Waals surface area contributed by atoms with Crippen molar-refractivity contribution in [1.29, 1.82) is 0 Å². The Hall–Kier alpha value is -3.46. The molecule has 0 heterocycles. The van der Waals surface area contributed by atoms with Gasteiger partial charge in [-0.05, 0) is 49.2 Å². The molecule has 0 saturated heterocycles. The van der Waals surface area contributed by atoms with Crippen molar-refractivity contribution in [2.45, 2.75) is 0 Å². The molecule has 0 aromatic heterocycles. The first-order valence-electron chi connectivity index (χ1n) is 8.01. The second-order valence-electron chi connectivity index (χ2n) is 6.24. The van der Waals surface area contributed by atoms with E-state index in [1.165, 1.54) is 0 Å². The maximum atomic E-state index is 11.6. The molecular weight excluding hydrogens is 312 g/mol. The fourth-order valence-electron chi connectivity index (χ4n) is 4.02. The van der Waals surface area contributed by atoms with Crippen molar-refractivity contribution in [3.8, 4) is 0 Å². The van der Waals surface area contributed by atoms with Crippen LogP contribution < -0.4 is 0 Å². The van der Waals surface area contributed by atoms with Crippen LogP contribution >= 0.6 is 0 Å². The quantitative estimate of drug-likeness (QED) is 0.274. The summed E-state index contributed by atoms with van der Waals surface area (Å²) in [7, 11) is 0. The second-order valence-corrected chi connectivity index (χ2v) is 6.24. The fourth-order valence-corrected chi connectivity index (χ4v) is 4.02. The first kappa shape index (κ1) is 13.9. The highest BCUT2D eigenvalue weighted by Crippen LogP contribution is 2.41. The van der Waals surface area contributed by atoms with Crippen molar-refractivity contribution in [3.05, 3.63) is 71.8 Å². The molecule has 0 spiro atoms. The average molecular weight is 324 g/mol. The third-order valence-electron chi connectivity index (χ3n) is 5.05. The molecule has 5 aromatic carbocycles. The molecule has 0 aliphatic rings. The molecule has 5 rings (SSSR count). The zero-order chi connectivity index (χ0) is 17.1. The number of benzene rings is 5. The van der Waals surface area contributed by atoms with E-state index in [1.54, 1.807) is 6.07 Å². The van der Waals surface area contributed by atoms with Crippen LogP contribution in [0.5, 0.6) is 0 Å². The van der Waals surface area contributed by atoms with Crippen LogP contribution in [-0.2, 0) is 0 Å². The van der Waals surface area contributed by atoms with Crippen LogP contribution in [0, 0.1) is 0 Å². The topological polar surface area (TPSA) is 54.4 Å². The van der Waals surface area contributed by atoms with Gasteiger partial charge in [-0.2, -0.15) is 0 Å². The van der Waals surface area contributed by atoms with Crippen LogP contribution in [0.3, 0.4) is 0 Å². The van der Waals surface area contributed by atoms with E-state index in [4.69, 9.17) is 0 Å². The highest BCUT2D eigenvalue weighted by atomic mass is 16.4. The summed E-state index contributed by atoms with van der Waals surface area (Å²) in [6, 6.07) is 19.0. The number of carboxylic acid groups (broad SMARTS) is 1. The number of carboxylic acids is 1. The molecule has 3 nitrogen and oxygen atoms in total. The van der Waals surface area contributed by atoms with Gasteiger partial charge in [-0.25, -0.2) is 4.79 Å². The summed E-state index contributed by atoms with van der Waals surface area (Å²) in [5, 5.41) is 17.3. The Morgan fingerprint density at radius 2 is 1.20 bits per heavy atom. The summed E-state index contributed by atoms with van der Waals surface area (Å²) in [6.45, 7) is 0. The molecule has 118 valence electrons. The van der Waals surface area contributed by atoms with Crippen LogP contribution in [0.25, 0.3) is 43.1 Å². The summed E-state index contributed by atoms with van der Waals surface area (Å²) in [6.07, 6.45) is 0.881. The van der Waals surface area contributed by atoms with E-state index in [2.05, 4.69) is 0 Å². The first-order chi connectivity index (χ1) is 12.2. The lowest BCUT2D eigenvalue weighted by Crippen LogP contribution is -1.98. The molecular formula is C22H12O3. The minimum Gasteiger partial charge on any atom is -0.478 e. The van der Waals surface area contributed by atoms with Gasteiger partial charge in [-0.15, -0.1) is 0 Å². The van der Waals surface area contributed by atoms with Crippen LogP contribution in [0.2, 0.25) is 0 Å². The Balaban J connectivity index is 2.18. The van der Waals surface area contributed by atoms with Gasteiger partial charge in [0.2, 0.25) is 0 Å². The lowest BCUT2D eigenvalue weighted by molar-refractivity contribution is 0.0699. The van der Waals surface area contributed by atoms with Crippen molar-refractivity contribution in [2.24, 2.45) is 0 Å². The van der Waals surface area contributed by atoms with Gasteiger partial charge in [-0.3, -0.25) is 4.79 Å².